The second-order valence-corrected chi connectivity index (χ2v) is 7.68. The number of hydrogen-bond donors (Lipinski definition) is 2. The van der Waals surface area contributed by atoms with Crippen molar-refractivity contribution >= 4 is 40.5 Å². The number of halogens is 1. The van der Waals surface area contributed by atoms with E-state index in [0.29, 0.717) is 23.1 Å². The van der Waals surface area contributed by atoms with E-state index in [2.05, 4.69) is 10.3 Å². The highest BCUT2D eigenvalue weighted by Gasteiger charge is 2.13. The number of nitrogens with zero attached hydrogens (tertiary/aromatic N) is 1. The molecule has 0 aliphatic rings. The highest BCUT2D eigenvalue weighted by Crippen LogP contribution is 2.22. The van der Waals surface area contributed by atoms with Gasteiger partial charge in [0.1, 0.15) is 11.9 Å². The molecule has 160 valence electrons. The third-order valence-electron chi connectivity index (χ3n) is 4.27. The van der Waals surface area contributed by atoms with Gasteiger partial charge in [-0.25, -0.2) is 4.98 Å². The van der Waals surface area contributed by atoms with Crippen LogP contribution in [0.4, 0.5) is 10.8 Å². The summed E-state index contributed by atoms with van der Waals surface area (Å²) < 4.78 is 11.1. The lowest BCUT2D eigenvalue weighted by molar-refractivity contribution is 0.0916. The van der Waals surface area contributed by atoms with Gasteiger partial charge >= 0.3 is 0 Å². The summed E-state index contributed by atoms with van der Waals surface area (Å²) >= 11 is 1.38. The van der Waals surface area contributed by atoms with E-state index in [1.807, 2.05) is 48.7 Å². The van der Waals surface area contributed by atoms with Crippen LogP contribution in [-0.2, 0) is 17.6 Å². The topological polar surface area (TPSA) is 86.5 Å². The zero-order valence-electron chi connectivity index (χ0n) is 17.0. The Morgan fingerprint density at radius 2 is 2.00 bits per heavy atom. The first kappa shape index (κ1) is 23.7. The quantitative estimate of drug-likeness (QED) is 0.468. The molecule has 3 rings (SSSR count). The molecule has 0 unspecified atom stereocenters. The second-order valence-electron chi connectivity index (χ2n) is 6.79. The number of carbonyl (C=O) groups excluding carboxylic acids is 1. The average molecular weight is 448 g/mol. The Bertz CT molecular complexity index is 951. The van der Waals surface area contributed by atoms with Crippen molar-refractivity contribution in [2.75, 3.05) is 24.8 Å². The molecule has 0 aliphatic carbocycles. The van der Waals surface area contributed by atoms with Crippen LogP contribution in [0.2, 0.25) is 0 Å². The molecule has 30 heavy (non-hydrogen) atoms. The van der Waals surface area contributed by atoms with Crippen LogP contribution in [0.25, 0.3) is 0 Å². The predicted molar refractivity (Wildman–Crippen MR) is 124 cm³/mol. The van der Waals surface area contributed by atoms with E-state index < -0.39 is 0 Å². The van der Waals surface area contributed by atoms with Gasteiger partial charge in [-0.1, -0.05) is 12.1 Å². The van der Waals surface area contributed by atoms with Gasteiger partial charge in [0.05, 0.1) is 6.61 Å². The number of rotatable bonds is 9. The van der Waals surface area contributed by atoms with Gasteiger partial charge in [-0.3, -0.25) is 10.1 Å². The minimum absolute atomic E-state index is 0. The van der Waals surface area contributed by atoms with E-state index in [1.165, 1.54) is 11.3 Å². The van der Waals surface area contributed by atoms with Crippen LogP contribution in [0.5, 0.6) is 5.75 Å². The van der Waals surface area contributed by atoms with Gasteiger partial charge in [0.15, 0.2) is 5.13 Å². The minimum atomic E-state index is -0.213. The molecule has 3 aromatic rings. The third kappa shape index (κ3) is 7.02. The van der Waals surface area contributed by atoms with Gasteiger partial charge in [-0.2, -0.15) is 0 Å². The number of nitrogen functional groups attached to an aromatic ring is 1. The smallest absolute Gasteiger partial charge is 0.257 e. The van der Waals surface area contributed by atoms with Gasteiger partial charge in [-0.05, 0) is 61.2 Å². The molecule has 0 saturated heterocycles. The van der Waals surface area contributed by atoms with Crippen molar-refractivity contribution in [3.8, 4) is 5.75 Å². The van der Waals surface area contributed by atoms with Crippen molar-refractivity contribution in [2.45, 2.75) is 25.9 Å². The van der Waals surface area contributed by atoms with Crippen LogP contribution in [0, 0.1) is 0 Å². The summed E-state index contributed by atoms with van der Waals surface area (Å²) in [5.74, 6) is 0.430. The maximum Gasteiger partial charge on any atom is 0.257 e. The SMILES string of the molecule is COC[C@H](C)Oc1cc(CCc2cccc(N)c2)cc(C(=O)Nc2nccs2)c1.Cl. The van der Waals surface area contributed by atoms with E-state index in [4.69, 9.17) is 15.2 Å². The maximum atomic E-state index is 12.7. The Morgan fingerprint density at radius 3 is 2.70 bits per heavy atom. The molecule has 0 saturated carbocycles. The molecular formula is C22H26ClN3O3S. The van der Waals surface area contributed by atoms with Crippen molar-refractivity contribution in [2.24, 2.45) is 0 Å². The summed E-state index contributed by atoms with van der Waals surface area (Å²) in [4.78, 5) is 16.8. The molecule has 0 bridgehead atoms. The van der Waals surface area contributed by atoms with Crippen LogP contribution < -0.4 is 15.8 Å². The molecule has 1 aromatic heterocycles. The molecule has 0 radical (unpaired) electrons. The van der Waals surface area contributed by atoms with Crippen LogP contribution in [0.15, 0.2) is 54.0 Å². The number of nitrogens with two attached hydrogens (primary N) is 1. The summed E-state index contributed by atoms with van der Waals surface area (Å²) in [5, 5.41) is 5.21. The number of benzene rings is 2. The lowest BCUT2D eigenvalue weighted by atomic mass is 10.0. The Labute approximate surface area is 186 Å². The lowest BCUT2D eigenvalue weighted by Crippen LogP contribution is -2.19. The van der Waals surface area contributed by atoms with Gasteiger partial charge in [0, 0.05) is 29.9 Å². The Hall–Kier alpha value is -2.61. The molecule has 8 heteroatoms. The standard InChI is InChI=1S/C22H25N3O3S.ClH/c1-15(14-27-2)28-20-12-17(7-6-16-4-3-5-19(23)11-16)10-18(13-20)21(26)25-22-24-8-9-29-22;/h3-5,8-13,15H,6-7,14,23H2,1-2H3,(H,24,25,26);1H/t15-;/m0./s1. The normalized spacial score (nSPS) is 11.4. The number of nitrogens with one attached hydrogen (secondary N) is 1. The van der Waals surface area contributed by atoms with E-state index in [-0.39, 0.29) is 24.4 Å². The Morgan fingerprint density at radius 1 is 1.20 bits per heavy atom. The Kier molecular flexibility index (Phi) is 9.11. The fourth-order valence-electron chi connectivity index (χ4n) is 3.00. The number of hydrogen-bond acceptors (Lipinski definition) is 6. The molecular weight excluding hydrogens is 422 g/mol. The number of methoxy groups -OCH3 is 1. The first-order valence-corrected chi connectivity index (χ1v) is 10.3. The van der Waals surface area contributed by atoms with Crippen molar-refractivity contribution in [3.63, 3.8) is 0 Å². The fraction of sp³-hybridized carbons (Fsp3) is 0.273. The lowest BCUT2D eigenvalue weighted by Gasteiger charge is -2.16. The minimum Gasteiger partial charge on any atom is -0.488 e. The highest BCUT2D eigenvalue weighted by atomic mass is 35.5. The van der Waals surface area contributed by atoms with Gasteiger partial charge in [0.2, 0.25) is 0 Å². The zero-order chi connectivity index (χ0) is 20.6. The number of ether oxygens (including phenoxy) is 2. The fourth-order valence-corrected chi connectivity index (χ4v) is 3.52. The molecule has 1 heterocycles. The number of anilines is 2. The first-order chi connectivity index (χ1) is 14.0. The summed E-state index contributed by atoms with van der Waals surface area (Å²) in [6, 6.07) is 13.4. The van der Waals surface area contributed by atoms with Crippen molar-refractivity contribution < 1.29 is 14.3 Å². The van der Waals surface area contributed by atoms with Crippen LogP contribution in [-0.4, -0.2) is 30.7 Å². The molecule has 6 nitrogen and oxygen atoms in total. The predicted octanol–water partition coefficient (Wildman–Crippen LogP) is 4.60. The van der Waals surface area contributed by atoms with Crippen molar-refractivity contribution in [1.29, 1.82) is 0 Å². The summed E-state index contributed by atoms with van der Waals surface area (Å²) in [6.45, 7) is 2.40. The van der Waals surface area contributed by atoms with Crippen molar-refractivity contribution in [3.05, 3.63) is 70.7 Å². The van der Waals surface area contributed by atoms with Crippen LogP contribution in [0.1, 0.15) is 28.4 Å². The third-order valence-corrected chi connectivity index (χ3v) is 4.96. The zero-order valence-corrected chi connectivity index (χ0v) is 18.6. The van der Waals surface area contributed by atoms with E-state index >= 15 is 0 Å². The number of amides is 1. The van der Waals surface area contributed by atoms with Crippen molar-refractivity contribution in [1.82, 2.24) is 4.98 Å². The molecule has 0 fully saturated rings. The largest absolute Gasteiger partial charge is 0.488 e. The Balaban J connectivity index is 0.00000320. The van der Waals surface area contributed by atoms with Gasteiger partial charge in [-0.15, -0.1) is 23.7 Å². The monoisotopic (exact) mass is 447 g/mol. The number of aromatic nitrogens is 1. The second kappa shape index (κ2) is 11.5. The van der Waals surface area contributed by atoms with Gasteiger partial charge in [0.25, 0.3) is 5.91 Å². The molecule has 0 spiro atoms. The number of carbonyl (C=O) groups is 1. The maximum absolute atomic E-state index is 12.7. The van der Waals surface area contributed by atoms with E-state index in [0.717, 1.165) is 29.7 Å². The van der Waals surface area contributed by atoms with Crippen LogP contribution >= 0.6 is 23.7 Å². The molecule has 3 N–H and O–H groups in total. The van der Waals surface area contributed by atoms with E-state index in [1.54, 1.807) is 19.4 Å². The summed E-state index contributed by atoms with van der Waals surface area (Å²) in [5.41, 5.74) is 9.32. The number of thiazole rings is 1. The molecule has 1 atom stereocenters. The first-order valence-electron chi connectivity index (χ1n) is 9.38. The van der Waals surface area contributed by atoms with Crippen LogP contribution in [0.3, 0.4) is 0 Å². The summed E-state index contributed by atoms with van der Waals surface area (Å²) in [7, 11) is 1.63. The molecule has 1 amide bonds. The highest BCUT2D eigenvalue weighted by molar-refractivity contribution is 7.13. The van der Waals surface area contributed by atoms with E-state index in [9.17, 15) is 4.79 Å². The van der Waals surface area contributed by atoms with Gasteiger partial charge < -0.3 is 15.2 Å². The molecule has 0 aliphatic heterocycles. The number of aryl methyl sites for hydroxylation is 2. The average Bonchev–Trinajstić information content (AvgIpc) is 3.19. The molecule has 2 aromatic carbocycles. The summed E-state index contributed by atoms with van der Waals surface area (Å²) in [6.07, 6.45) is 3.11.